The first-order chi connectivity index (χ1) is 20.2. The summed E-state index contributed by atoms with van der Waals surface area (Å²) < 4.78 is 10.8. The van der Waals surface area contributed by atoms with E-state index in [1.54, 1.807) is 20.2 Å². The van der Waals surface area contributed by atoms with Crippen molar-refractivity contribution in [1.82, 2.24) is 30.2 Å². The van der Waals surface area contributed by atoms with Crippen LogP contribution in [0.1, 0.15) is 39.2 Å². The van der Waals surface area contributed by atoms with Gasteiger partial charge in [0.05, 0.1) is 29.3 Å². The molecule has 0 aliphatic carbocycles. The van der Waals surface area contributed by atoms with Gasteiger partial charge in [0.25, 0.3) is 5.91 Å². The van der Waals surface area contributed by atoms with E-state index in [1.165, 1.54) is 18.4 Å². The van der Waals surface area contributed by atoms with Crippen molar-refractivity contribution in [2.24, 2.45) is 0 Å². The number of esters is 1. The van der Waals surface area contributed by atoms with Crippen molar-refractivity contribution in [3.05, 3.63) is 38.6 Å². The number of aromatic nitrogens is 4. The molecule has 15 heteroatoms. The topological polar surface area (TPSA) is 129 Å². The fraction of sp³-hybridized carbons (Fsp3) is 0.519. The number of anilines is 2. The Bertz CT molecular complexity index is 1440. The maximum Gasteiger partial charge on any atom is 0.350 e. The number of carbonyl (C=O) groups excluding carboxylic acids is 2. The molecule has 2 aliphatic rings. The van der Waals surface area contributed by atoms with Gasteiger partial charge in [0, 0.05) is 58.3 Å². The first-order valence-corrected chi connectivity index (χ1v) is 15.3. The van der Waals surface area contributed by atoms with Crippen LogP contribution in [0.3, 0.4) is 0 Å². The van der Waals surface area contributed by atoms with Crippen LogP contribution in [0, 0.1) is 6.92 Å². The van der Waals surface area contributed by atoms with E-state index in [2.05, 4.69) is 32.0 Å². The Morgan fingerprint density at radius 2 is 1.88 bits per heavy atom. The number of piperidine rings is 1. The first kappa shape index (κ1) is 30.5. The number of aryl methyl sites for hydroxylation is 1. The van der Waals surface area contributed by atoms with Gasteiger partial charge in [0.1, 0.15) is 22.1 Å². The van der Waals surface area contributed by atoms with Crippen LogP contribution < -0.4 is 15.1 Å². The molecular formula is C27H34Cl2N8O4S. The van der Waals surface area contributed by atoms with Crippen LogP contribution in [0.5, 0.6) is 0 Å². The molecule has 5 rings (SSSR count). The van der Waals surface area contributed by atoms with Gasteiger partial charge in [0.2, 0.25) is 0 Å². The van der Waals surface area contributed by atoms with Crippen LogP contribution in [0.25, 0.3) is 11.5 Å². The molecule has 3 aromatic heterocycles. The number of carbonyl (C=O) groups is 2. The molecule has 3 aromatic rings. The monoisotopic (exact) mass is 636 g/mol. The van der Waals surface area contributed by atoms with Crippen molar-refractivity contribution in [2.45, 2.75) is 32.4 Å². The van der Waals surface area contributed by atoms with Crippen LogP contribution in [0.2, 0.25) is 10.0 Å². The number of nitrogens with zero attached hydrogens (tertiary/aromatic N) is 6. The lowest BCUT2D eigenvalue weighted by Crippen LogP contribution is -2.55. The van der Waals surface area contributed by atoms with E-state index in [0.717, 1.165) is 38.5 Å². The van der Waals surface area contributed by atoms with Crippen LogP contribution >= 0.6 is 34.5 Å². The number of amides is 1. The second kappa shape index (κ2) is 13.1. The number of hydrogen-bond donors (Lipinski definition) is 2. The van der Waals surface area contributed by atoms with Crippen LogP contribution in [0.15, 0.2) is 12.3 Å². The van der Waals surface area contributed by atoms with E-state index in [4.69, 9.17) is 42.6 Å². The van der Waals surface area contributed by atoms with Gasteiger partial charge in [-0.15, -0.1) is 0 Å². The van der Waals surface area contributed by atoms with Gasteiger partial charge in [-0.05, 0) is 26.0 Å². The second-order valence-electron chi connectivity index (χ2n) is 10.2. The summed E-state index contributed by atoms with van der Waals surface area (Å²) in [5.41, 5.74) is 1.23. The maximum atomic E-state index is 13.0. The smallest absolute Gasteiger partial charge is 0.350 e. The lowest BCUT2D eigenvalue weighted by atomic mass is 10.0. The summed E-state index contributed by atoms with van der Waals surface area (Å²) in [5.74, 6) is 0.320. The molecule has 0 radical (unpaired) electrons. The Kier molecular flexibility index (Phi) is 9.53. The molecule has 42 heavy (non-hydrogen) atoms. The number of ether oxygens (including phenoxy) is 2. The highest BCUT2D eigenvalue weighted by Crippen LogP contribution is 2.35. The number of rotatable bonds is 8. The number of methoxy groups -OCH3 is 2. The van der Waals surface area contributed by atoms with Crippen molar-refractivity contribution in [3.63, 3.8) is 0 Å². The molecule has 0 spiro atoms. The molecule has 2 atom stereocenters. The van der Waals surface area contributed by atoms with Gasteiger partial charge in [0.15, 0.2) is 11.0 Å². The van der Waals surface area contributed by atoms with Gasteiger partial charge >= 0.3 is 5.97 Å². The first-order valence-electron chi connectivity index (χ1n) is 13.8. The molecule has 2 N–H and O–H groups in total. The molecule has 2 aliphatic heterocycles. The molecule has 2 fully saturated rings. The minimum Gasteiger partial charge on any atom is -0.465 e. The number of piperazine rings is 1. The Labute approximate surface area is 258 Å². The van der Waals surface area contributed by atoms with Crippen molar-refractivity contribution in [1.29, 1.82) is 0 Å². The quantitative estimate of drug-likeness (QED) is 0.354. The third kappa shape index (κ3) is 6.20. The number of thiazole rings is 1. The van der Waals surface area contributed by atoms with Crippen molar-refractivity contribution in [2.75, 3.05) is 69.8 Å². The number of halogens is 2. The van der Waals surface area contributed by atoms with E-state index >= 15 is 0 Å². The zero-order valence-electron chi connectivity index (χ0n) is 23.9. The third-order valence-corrected chi connectivity index (χ3v) is 9.76. The van der Waals surface area contributed by atoms with Gasteiger partial charge in [-0.25, -0.2) is 19.7 Å². The van der Waals surface area contributed by atoms with Crippen molar-refractivity contribution < 1.29 is 19.1 Å². The van der Waals surface area contributed by atoms with E-state index < -0.39 is 5.97 Å². The van der Waals surface area contributed by atoms with Crippen molar-refractivity contribution >= 4 is 57.4 Å². The minimum absolute atomic E-state index is 0.193. The highest BCUT2D eigenvalue weighted by Gasteiger charge is 2.34. The number of nitrogens with one attached hydrogen (secondary N) is 2. The SMILES string of the molecule is CCN1CCN(c2ccnc(-c3nc(N4CC[C@@H](NC(=O)c5[nH]c(C)c(Cl)c5Cl)[C@@H](OC)C4)sc3C(=O)OC)n2)CC1. The maximum absolute atomic E-state index is 13.0. The van der Waals surface area contributed by atoms with Crippen LogP contribution in [-0.2, 0) is 9.47 Å². The number of likely N-dealkylation sites (N-methyl/N-ethyl adjacent to an activating group) is 1. The molecule has 0 bridgehead atoms. The molecule has 0 unspecified atom stereocenters. The van der Waals surface area contributed by atoms with E-state index in [0.29, 0.717) is 51.8 Å². The summed E-state index contributed by atoms with van der Waals surface area (Å²) in [7, 11) is 2.94. The molecule has 5 heterocycles. The summed E-state index contributed by atoms with van der Waals surface area (Å²) in [4.78, 5) is 49.8. The average molecular weight is 638 g/mol. The normalized spacial score (nSPS) is 19.7. The summed E-state index contributed by atoms with van der Waals surface area (Å²) >= 11 is 13.6. The van der Waals surface area contributed by atoms with E-state index in [1.807, 2.05) is 11.0 Å². The van der Waals surface area contributed by atoms with Gasteiger partial charge in [-0.2, -0.15) is 0 Å². The Morgan fingerprint density at radius 3 is 2.52 bits per heavy atom. The number of aromatic amines is 1. The molecule has 2 saturated heterocycles. The molecule has 226 valence electrons. The number of H-pyrrole nitrogens is 1. The van der Waals surface area contributed by atoms with Crippen LogP contribution in [-0.4, -0.2) is 109 Å². The molecule has 12 nitrogen and oxygen atoms in total. The highest BCUT2D eigenvalue weighted by atomic mass is 35.5. The highest BCUT2D eigenvalue weighted by molar-refractivity contribution is 7.17. The molecule has 0 saturated carbocycles. The standard InChI is InChI=1S/C27H34Cl2N8O4S/c1-5-35-10-12-36(13-11-35)18-6-8-30-24(33-18)22-23(26(39)41-4)42-27(34-22)37-9-7-16(17(14-37)40-3)32-25(38)21-20(29)19(28)15(2)31-21/h6,8,16-17,31H,5,7,9-14H2,1-4H3,(H,32,38)/t16-,17+/m1/s1. The minimum atomic E-state index is -0.499. The van der Waals surface area contributed by atoms with Gasteiger partial charge in [-0.1, -0.05) is 41.5 Å². The second-order valence-corrected chi connectivity index (χ2v) is 11.9. The summed E-state index contributed by atoms with van der Waals surface area (Å²) in [6.07, 6.45) is 1.93. The Balaban J connectivity index is 1.34. The summed E-state index contributed by atoms with van der Waals surface area (Å²) in [6, 6.07) is 1.61. The molecular weight excluding hydrogens is 603 g/mol. The van der Waals surface area contributed by atoms with Gasteiger partial charge in [-0.3, -0.25) is 4.79 Å². The summed E-state index contributed by atoms with van der Waals surface area (Å²) in [5, 5.41) is 4.16. The Morgan fingerprint density at radius 1 is 1.12 bits per heavy atom. The van der Waals surface area contributed by atoms with E-state index in [9.17, 15) is 9.59 Å². The largest absolute Gasteiger partial charge is 0.465 e. The molecule has 1 amide bonds. The zero-order chi connectivity index (χ0) is 30.0. The predicted octanol–water partition coefficient (Wildman–Crippen LogP) is 3.50. The van der Waals surface area contributed by atoms with E-state index in [-0.39, 0.29) is 28.8 Å². The lowest BCUT2D eigenvalue weighted by molar-refractivity contribution is 0.0540. The number of hydrogen-bond acceptors (Lipinski definition) is 11. The average Bonchev–Trinajstić information content (AvgIpc) is 3.58. The van der Waals surface area contributed by atoms with Crippen LogP contribution in [0.4, 0.5) is 10.9 Å². The zero-order valence-corrected chi connectivity index (χ0v) is 26.3. The lowest BCUT2D eigenvalue weighted by Gasteiger charge is -2.37. The summed E-state index contributed by atoms with van der Waals surface area (Å²) in [6.45, 7) is 9.61. The fourth-order valence-electron chi connectivity index (χ4n) is 5.22. The predicted molar refractivity (Wildman–Crippen MR) is 163 cm³/mol. The third-order valence-electron chi connectivity index (χ3n) is 7.71. The van der Waals surface area contributed by atoms with Gasteiger partial charge < -0.3 is 34.5 Å². The molecule has 0 aromatic carbocycles. The fourth-order valence-corrected chi connectivity index (χ4v) is 6.65. The Hall–Kier alpha value is -2.97. The van der Waals surface area contributed by atoms with Crippen molar-refractivity contribution in [3.8, 4) is 11.5 Å².